The van der Waals surface area contributed by atoms with E-state index in [1.165, 1.54) is 0 Å². The van der Waals surface area contributed by atoms with Gasteiger partial charge < -0.3 is 15.4 Å². The summed E-state index contributed by atoms with van der Waals surface area (Å²) >= 11 is 5.89. The first kappa shape index (κ1) is 16.2. The third-order valence-corrected chi connectivity index (χ3v) is 3.38. The third-order valence-electron chi connectivity index (χ3n) is 3.15. The number of methoxy groups -OCH3 is 1. The maximum Gasteiger partial charge on any atom is 0.239 e. The van der Waals surface area contributed by atoms with E-state index in [0.29, 0.717) is 11.6 Å². The Balaban J connectivity index is 1.71. The van der Waals surface area contributed by atoms with Crippen molar-refractivity contribution in [2.45, 2.75) is 6.42 Å². The molecule has 2 aromatic rings. The molecule has 0 atom stereocenters. The number of hydrogen-bond acceptors (Lipinski definition) is 3. The molecule has 1 amide bonds. The first-order valence-corrected chi connectivity index (χ1v) is 7.44. The fourth-order valence-corrected chi connectivity index (χ4v) is 2.21. The minimum Gasteiger partial charge on any atom is -0.497 e. The molecule has 0 saturated carbocycles. The average molecular weight is 319 g/mol. The van der Waals surface area contributed by atoms with Gasteiger partial charge in [0.1, 0.15) is 5.75 Å². The summed E-state index contributed by atoms with van der Waals surface area (Å²) in [5.41, 5.74) is 1.96. The molecule has 0 aliphatic heterocycles. The summed E-state index contributed by atoms with van der Waals surface area (Å²) in [6, 6.07) is 15.1. The Kier molecular flexibility index (Phi) is 6.10. The van der Waals surface area contributed by atoms with E-state index in [9.17, 15) is 4.79 Å². The fourth-order valence-electron chi connectivity index (χ4n) is 2.02. The van der Waals surface area contributed by atoms with Crippen molar-refractivity contribution in [3.63, 3.8) is 0 Å². The third kappa shape index (κ3) is 5.30. The Morgan fingerprint density at radius 3 is 2.77 bits per heavy atom. The van der Waals surface area contributed by atoms with Crippen molar-refractivity contribution in [3.05, 3.63) is 59.1 Å². The predicted octanol–water partition coefficient (Wildman–Crippen LogP) is 3.12. The van der Waals surface area contributed by atoms with Crippen LogP contribution < -0.4 is 15.4 Å². The molecule has 22 heavy (non-hydrogen) atoms. The van der Waals surface area contributed by atoms with Crippen molar-refractivity contribution in [2.24, 2.45) is 0 Å². The van der Waals surface area contributed by atoms with Gasteiger partial charge in [-0.15, -0.1) is 0 Å². The van der Waals surface area contributed by atoms with Crippen LogP contribution >= 0.6 is 11.6 Å². The molecule has 0 heterocycles. The molecule has 0 saturated heterocycles. The minimum atomic E-state index is -0.0529. The Morgan fingerprint density at radius 1 is 1.18 bits per heavy atom. The van der Waals surface area contributed by atoms with Gasteiger partial charge in [-0.2, -0.15) is 0 Å². The number of benzene rings is 2. The molecular formula is C17H19ClN2O2. The van der Waals surface area contributed by atoms with Crippen molar-refractivity contribution < 1.29 is 9.53 Å². The van der Waals surface area contributed by atoms with Gasteiger partial charge in [0, 0.05) is 17.3 Å². The van der Waals surface area contributed by atoms with E-state index in [-0.39, 0.29) is 12.5 Å². The molecule has 0 radical (unpaired) electrons. The topological polar surface area (TPSA) is 50.4 Å². The van der Waals surface area contributed by atoms with Crippen LogP contribution in [0.15, 0.2) is 48.5 Å². The molecule has 2 rings (SSSR count). The zero-order chi connectivity index (χ0) is 15.8. The van der Waals surface area contributed by atoms with Crippen molar-refractivity contribution in [1.29, 1.82) is 0 Å². The van der Waals surface area contributed by atoms with Crippen LogP contribution in [0.25, 0.3) is 0 Å². The highest BCUT2D eigenvalue weighted by Gasteiger charge is 2.02. The maximum atomic E-state index is 11.8. The van der Waals surface area contributed by atoms with E-state index < -0.39 is 0 Å². The van der Waals surface area contributed by atoms with Crippen molar-refractivity contribution in [3.8, 4) is 5.75 Å². The normalized spacial score (nSPS) is 10.1. The van der Waals surface area contributed by atoms with Crippen LogP contribution in [0.2, 0.25) is 5.02 Å². The largest absolute Gasteiger partial charge is 0.497 e. The summed E-state index contributed by atoms with van der Waals surface area (Å²) in [7, 11) is 1.64. The van der Waals surface area contributed by atoms with Gasteiger partial charge >= 0.3 is 0 Å². The van der Waals surface area contributed by atoms with Crippen LogP contribution in [-0.2, 0) is 11.2 Å². The maximum absolute atomic E-state index is 11.8. The molecule has 4 nitrogen and oxygen atoms in total. The molecule has 116 valence electrons. The Morgan fingerprint density at radius 2 is 2.00 bits per heavy atom. The van der Waals surface area contributed by atoms with Crippen molar-refractivity contribution >= 4 is 23.2 Å². The Bertz CT molecular complexity index is 632. The highest BCUT2D eigenvalue weighted by Crippen LogP contribution is 2.14. The molecule has 0 unspecified atom stereocenters. The van der Waals surface area contributed by atoms with E-state index in [2.05, 4.69) is 10.6 Å². The smallest absolute Gasteiger partial charge is 0.239 e. The SMILES string of the molecule is COc1cccc(CCNC(=O)CNc2cccc(Cl)c2)c1. The molecule has 2 aromatic carbocycles. The van der Waals surface area contributed by atoms with E-state index >= 15 is 0 Å². The predicted molar refractivity (Wildman–Crippen MR) is 89.6 cm³/mol. The Hall–Kier alpha value is -2.20. The first-order valence-electron chi connectivity index (χ1n) is 7.06. The van der Waals surface area contributed by atoms with Gasteiger partial charge in [0.2, 0.25) is 5.91 Å². The zero-order valence-electron chi connectivity index (χ0n) is 12.4. The second-order valence-corrected chi connectivity index (χ2v) is 5.25. The number of ether oxygens (including phenoxy) is 1. The van der Waals surface area contributed by atoms with Crippen LogP contribution in [0.5, 0.6) is 5.75 Å². The first-order chi connectivity index (χ1) is 10.7. The molecule has 0 bridgehead atoms. The lowest BCUT2D eigenvalue weighted by molar-refractivity contribution is -0.119. The quantitative estimate of drug-likeness (QED) is 0.824. The van der Waals surface area contributed by atoms with Crippen LogP contribution in [-0.4, -0.2) is 26.1 Å². The number of anilines is 1. The van der Waals surface area contributed by atoms with E-state index in [4.69, 9.17) is 16.3 Å². The number of rotatable bonds is 7. The summed E-state index contributed by atoms with van der Waals surface area (Å²) in [4.78, 5) is 11.8. The van der Waals surface area contributed by atoms with Gasteiger partial charge in [-0.3, -0.25) is 4.79 Å². The number of halogens is 1. The molecular weight excluding hydrogens is 300 g/mol. The van der Waals surface area contributed by atoms with Crippen LogP contribution in [0, 0.1) is 0 Å². The highest BCUT2D eigenvalue weighted by atomic mass is 35.5. The number of carbonyl (C=O) groups is 1. The van der Waals surface area contributed by atoms with Crippen molar-refractivity contribution in [2.75, 3.05) is 25.5 Å². The summed E-state index contributed by atoms with van der Waals surface area (Å²) in [6.45, 7) is 0.807. The van der Waals surface area contributed by atoms with E-state index in [0.717, 1.165) is 23.4 Å². The second kappa shape index (κ2) is 8.29. The standard InChI is InChI=1S/C17H19ClN2O2/c1-22-16-7-2-4-13(10-16)8-9-19-17(21)12-20-15-6-3-5-14(18)11-15/h2-7,10-11,20H,8-9,12H2,1H3,(H,19,21). The summed E-state index contributed by atoms with van der Waals surface area (Å²) in [6.07, 6.45) is 0.764. The van der Waals surface area contributed by atoms with Gasteiger partial charge in [-0.1, -0.05) is 29.8 Å². The lowest BCUT2D eigenvalue weighted by Crippen LogP contribution is -2.31. The van der Waals surface area contributed by atoms with Crippen LogP contribution in [0.1, 0.15) is 5.56 Å². The number of hydrogen-bond donors (Lipinski definition) is 2. The van der Waals surface area contributed by atoms with E-state index in [1.54, 1.807) is 19.2 Å². The summed E-state index contributed by atoms with van der Waals surface area (Å²) in [5.74, 6) is 0.773. The van der Waals surface area contributed by atoms with Gasteiger partial charge in [-0.05, 0) is 42.3 Å². The Labute approximate surface area is 135 Å². The highest BCUT2D eigenvalue weighted by molar-refractivity contribution is 6.30. The van der Waals surface area contributed by atoms with Crippen molar-refractivity contribution in [1.82, 2.24) is 5.32 Å². The monoisotopic (exact) mass is 318 g/mol. The fraction of sp³-hybridized carbons (Fsp3) is 0.235. The second-order valence-electron chi connectivity index (χ2n) is 4.82. The lowest BCUT2D eigenvalue weighted by atomic mass is 10.1. The average Bonchev–Trinajstić information content (AvgIpc) is 2.53. The van der Waals surface area contributed by atoms with E-state index in [1.807, 2.05) is 36.4 Å². The molecule has 0 spiro atoms. The minimum absolute atomic E-state index is 0.0529. The van der Waals surface area contributed by atoms with Gasteiger partial charge in [0.15, 0.2) is 0 Å². The van der Waals surface area contributed by atoms with Gasteiger partial charge in [0.25, 0.3) is 0 Å². The molecule has 0 aromatic heterocycles. The molecule has 2 N–H and O–H groups in total. The van der Waals surface area contributed by atoms with Gasteiger partial charge in [0.05, 0.1) is 13.7 Å². The molecule has 0 aliphatic rings. The molecule has 0 fully saturated rings. The zero-order valence-corrected chi connectivity index (χ0v) is 13.2. The number of carbonyl (C=O) groups excluding carboxylic acids is 1. The summed E-state index contributed by atoms with van der Waals surface area (Å²) < 4.78 is 5.17. The van der Waals surface area contributed by atoms with Gasteiger partial charge in [-0.25, -0.2) is 0 Å². The molecule has 5 heteroatoms. The number of amides is 1. The van der Waals surface area contributed by atoms with Crippen LogP contribution in [0.4, 0.5) is 5.69 Å². The number of nitrogens with one attached hydrogen (secondary N) is 2. The molecule has 0 aliphatic carbocycles. The lowest BCUT2D eigenvalue weighted by Gasteiger charge is -2.08. The van der Waals surface area contributed by atoms with Crippen LogP contribution in [0.3, 0.4) is 0 Å². The summed E-state index contributed by atoms with van der Waals surface area (Å²) in [5, 5.41) is 6.56.